The molecule has 0 fully saturated rings. The Morgan fingerprint density at radius 2 is 1.54 bits per heavy atom. The minimum atomic E-state index is -0.996. The van der Waals surface area contributed by atoms with Gasteiger partial charge >= 0.3 is 0 Å². The van der Waals surface area contributed by atoms with Crippen LogP contribution >= 0.6 is 23.2 Å². The Labute approximate surface area is 172 Å². The Kier molecular flexibility index (Phi) is 7.38. The number of benzene rings is 2. The average molecular weight is 429 g/mol. The summed E-state index contributed by atoms with van der Waals surface area (Å²) >= 11 is 11.9. The summed E-state index contributed by atoms with van der Waals surface area (Å²) in [6.07, 6.45) is 0. The fourth-order valence-electron chi connectivity index (χ4n) is 2.63. The Balaban J connectivity index is 2.15. The molecule has 150 valence electrons. The molecular formula is C20H20Cl2F2N2O2. The average Bonchev–Trinajstić information content (AvgIpc) is 2.61. The van der Waals surface area contributed by atoms with Crippen LogP contribution in [0, 0.1) is 17.6 Å². The maximum absolute atomic E-state index is 13.8. The molecule has 28 heavy (non-hydrogen) atoms. The number of nitrogens with one attached hydrogen (secondary N) is 2. The second-order valence-corrected chi connectivity index (χ2v) is 7.51. The summed E-state index contributed by atoms with van der Waals surface area (Å²) < 4.78 is 27.7. The smallest absolute Gasteiger partial charge is 0.257 e. The van der Waals surface area contributed by atoms with E-state index >= 15 is 0 Å². The molecule has 0 aliphatic heterocycles. The maximum Gasteiger partial charge on any atom is 0.257 e. The van der Waals surface area contributed by atoms with Gasteiger partial charge in [-0.25, -0.2) is 8.78 Å². The van der Waals surface area contributed by atoms with E-state index in [1.54, 1.807) is 39.0 Å². The van der Waals surface area contributed by atoms with Gasteiger partial charge in [-0.3, -0.25) is 9.59 Å². The monoisotopic (exact) mass is 428 g/mol. The molecular weight excluding hydrogens is 409 g/mol. The Morgan fingerprint density at radius 1 is 0.929 bits per heavy atom. The summed E-state index contributed by atoms with van der Waals surface area (Å²) in [6.45, 7) is 5.17. The largest absolute Gasteiger partial charge is 0.348 e. The van der Waals surface area contributed by atoms with E-state index in [9.17, 15) is 18.4 Å². The minimum absolute atomic E-state index is 0.320. The number of hydrogen-bond donors (Lipinski definition) is 2. The Bertz CT molecular complexity index is 870. The van der Waals surface area contributed by atoms with Gasteiger partial charge in [-0.15, -0.1) is 0 Å². The molecule has 0 aromatic heterocycles. The molecule has 2 amide bonds. The molecule has 8 heteroatoms. The standard InChI is InChI=1S/C20H20Cl2F2N2O2/c1-10(2)18(26-19(27)17-15(23)5-4-6-16(17)24)20(28)25-11(3)12-7-8-13(21)14(22)9-12/h4-11,18H,1-3H3,(H,25,28)(H,26,27)/t11-,18-/m1/s1. The molecule has 0 radical (unpaired) electrons. The fraction of sp³-hybridized carbons (Fsp3) is 0.300. The van der Waals surface area contributed by atoms with Crippen LogP contribution in [0.5, 0.6) is 0 Å². The summed E-state index contributed by atoms with van der Waals surface area (Å²) in [4.78, 5) is 25.0. The lowest BCUT2D eigenvalue weighted by Crippen LogP contribution is -2.50. The summed E-state index contributed by atoms with van der Waals surface area (Å²) in [5.41, 5.74) is -0.00443. The predicted molar refractivity (Wildman–Crippen MR) is 105 cm³/mol. The molecule has 0 saturated heterocycles. The number of hydrogen-bond acceptors (Lipinski definition) is 2. The number of amides is 2. The molecule has 2 aromatic rings. The van der Waals surface area contributed by atoms with Crippen LogP contribution in [-0.4, -0.2) is 17.9 Å². The van der Waals surface area contributed by atoms with Crippen molar-refractivity contribution < 1.29 is 18.4 Å². The highest BCUT2D eigenvalue weighted by molar-refractivity contribution is 6.42. The number of rotatable bonds is 6. The molecule has 2 atom stereocenters. The zero-order valence-electron chi connectivity index (χ0n) is 15.5. The van der Waals surface area contributed by atoms with Gasteiger partial charge in [-0.1, -0.05) is 49.2 Å². The third kappa shape index (κ3) is 5.20. The van der Waals surface area contributed by atoms with Crippen LogP contribution in [-0.2, 0) is 4.79 Å². The first-order valence-electron chi connectivity index (χ1n) is 8.62. The van der Waals surface area contributed by atoms with Crippen molar-refractivity contribution in [2.75, 3.05) is 0 Å². The van der Waals surface area contributed by atoms with Gasteiger partial charge in [0, 0.05) is 0 Å². The van der Waals surface area contributed by atoms with Crippen molar-refractivity contribution in [2.24, 2.45) is 5.92 Å². The van der Waals surface area contributed by atoms with Crippen molar-refractivity contribution in [1.82, 2.24) is 10.6 Å². The minimum Gasteiger partial charge on any atom is -0.348 e. The van der Waals surface area contributed by atoms with Gasteiger partial charge in [0.15, 0.2) is 0 Å². The fourth-order valence-corrected chi connectivity index (χ4v) is 2.94. The normalized spacial score (nSPS) is 13.1. The summed E-state index contributed by atoms with van der Waals surface area (Å²) in [5.74, 6) is -3.79. The highest BCUT2D eigenvalue weighted by Gasteiger charge is 2.28. The molecule has 0 saturated carbocycles. The van der Waals surface area contributed by atoms with Crippen LogP contribution < -0.4 is 10.6 Å². The molecule has 2 N–H and O–H groups in total. The summed E-state index contributed by atoms with van der Waals surface area (Å²) in [5, 5.41) is 5.92. The topological polar surface area (TPSA) is 58.2 Å². The molecule has 0 aliphatic rings. The van der Waals surface area contributed by atoms with Gasteiger partial charge in [-0.2, -0.15) is 0 Å². The zero-order valence-corrected chi connectivity index (χ0v) is 17.0. The Morgan fingerprint density at radius 3 is 2.07 bits per heavy atom. The maximum atomic E-state index is 13.8. The van der Waals surface area contributed by atoms with Crippen molar-refractivity contribution in [2.45, 2.75) is 32.9 Å². The first-order valence-corrected chi connectivity index (χ1v) is 9.37. The number of halogens is 4. The molecule has 0 unspecified atom stereocenters. The first-order chi connectivity index (χ1) is 13.1. The summed E-state index contributed by atoms with van der Waals surface area (Å²) in [7, 11) is 0. The van der Waals surface area contributed by atoms with Crippen LogP contribution in [0.15, 0.2) is 36.4 Å². The van der Waals surface area contributed by atoms with Gasteiger partial charge in [0.25, 0.3) is 5.91 Å². The third-order valence-electron chi connectivity index (χ3n) is 4.23. The second-order valence-electron chi connectivity index (χ2n) is 6.70. The van der Waals surface area contributed by atoms with Crippen molar-refractivity contribution in [3.05, 3.63) is 69.2 Å². The lowest BCUT2D eigenvalue weighted by atomic mass is 10.0. The molecule has 4 nitrogen and oxygen atoms in total. The third-order valence-corrected chi connectivity index (χ3v) is 4.97. The van der Waals surface area contributed by atoms with Crippen LogP contribution in [0.4, 0.5) is 8.78 Å². The highest BCUT2D eigenvalue weighted by Crippen LogP contribution is 2.25. The van der Waals surface area contributed by atoms with Crippen molar-refractivity contribution >= 4 is 35.0 Å². The van der Waals surface area contributed by atoms with E-state index in [-0.39, 0.29) is 5.92 Å². The lowest BCUT2D eigenvalue weighted by Gasteiger charge is -2.24. The van der Waals surface area contributed by atoms with Gasteiger partial charge in [0.1, 0.15) is 23.2 Å². The zero-order chi connectivity index (χ0) is 21.0. The van der Waals surface area contributed by atoms with Crippen molar-refractivity contribution in [3.63, 3.8) is 0 Å². The van der Waals surface area contributed by atoms with Gasteiger partial charge in [-0.05, 0) is 42.7 Å². The van der Waals surface area contributed by atoms with E-state index in [2.05, 4.69) is 10.6 Å². The van der Waals surface area contributed by atoms with E-state index in [1.165, 1.54) is 0 Å². The van der Waals surface area contributed by atoms with E-state index in [4.69, 9.17) is 23.2 Å². The SMILES string of the molecule is CC(C)[C@@H](NC(=O)c1c(F)cccc1F)C(=O)N[C@H](C)c1ccc(Cl)c(Cl)c1. The van der Waals surface area contributed by atoms with Gasteiger partial charge < -0.3 is 10.6 Å². The molecule has 0 heterocycles. The predicted octanol–water partition coefficient (Wildman–Crippen LogP) is 4.90. The lowest BCUT2D eigenvalue weighted by molar-refractivity contribution is -0.124. The number of carbonyl (C=O) groups excluding carboxylic acids is 2. The number of carbonyl (C=O) groups is 2. The molecule has 2 rings (SSSR count). The molecule has 0 spiro atoms. The second kappa shape index (κ2) is 9.34. The van der Waals surface area contributed by atoms with E-state index < -0.39 is 41.1 Å². The first kappa shape index (κ1) is 22.1. The quantitative estimate of drug-likeness (QED) is 0.686. The Hall–Kier alpha value is -2.18. The molecule has 0 bridgehead atoms. The van der Waals surface area contributed by atoms with Crippen LogP contribution in [0.3, 0.4) is 0 Å². The van der Waals surface area contributed by atoms with Gasteiger partial charge in [0.05, 0.1) is 16.1 Å². The van der Waals surface area contributed by atoms with Crippen LogP contribution in [0.2, 0.25) is 10.0 Å². The van der Waals surface area contributed by atoms with Crippen molar-refractivity contribution in [1.29, 1.82) is 0 Å². The molecule has 0 aliphatic carbocycles. The van der Waals surface area contributed by atoms with E-state index in [0.717, 1.165) is 23.8 Å². The van der Waals surface area contributed by atoms with Crippen LogP contribution in [0.25, 0.3) is 0 Å². The highest BCUT2D eigenvalue weighted by atomic mass is 35.5. The van der Waals surface area contributed by atoms with Crippen LogP contribution in [0.1, 0.15) is 42.7 Å². The molecule has 2 aromatic carbocycles. The summed E-state index contributed by atoms with van der Waals surface area (Å²) in [6, 6.07) is 6.67. The van der Waals surface area contributed by atoms with Gasteiger partial charge in [0.2, 0.25) is 5.91 Å². The van der Waals surface area contributed by atoms with E-state index in [1.807, 2.05) is 0 Å². The van der Waals surface area contributed by atoms with E-state index in [0.29, 0.717) is 10.0 Å². The van der Waals surface area contributed by atoms with Crippen molar-refractivity contribution in [3.8, 4) is 0 Å².